The maximum absolute atomic E-state index is 10.3. The van der Waals surface area contributed by atoms with E-state index in [1.54, 1.807) is 18.2 Å². The van der Waals surface area contributed by atoms with E-state index in [4.69, 9.17) is 14.6 Å². The molecule has 0 spiro atoms. The number of nitrogens with zero attached hydrogens (tertiary/aromatic N) is 1. The number of phenols is 1. The summed E-state index contributed by atoms with van der Waals surface area (Å²) in [7, 11) is 4.06. The van der Waals surface area contributed by atoms with Crippen molar-refractivity contribution in [2.45, 2.75) is 44.8 Å². The predicted molar refractivity (Wildman–Crippen MR) is 136 cm³/mol. The van der Waals surface area contributed by atoms with Gasteiger partial charge in [-0.2, -0.15) is 0 Å². The van der Waals surface area contributed by atoms with Crippen molar-refractivity contribution in [2.75, 3.05) is 58.5 Å². The molecule has 2 rings (SSSR count). The zero-order valence-electron chi connectivity index (χ0n) is 20.7. The molecular formula is C27H42N2O5. The standard InChI is InChI=1S/C27H42N2O5/c1-29(2)25-9-7-8-22(18-25)21-34-17-16-33-15-6-4-3-5-13-28-20-27(32)23-10-11-26(31)24(19-23)12-14-30/h7-11,18-19,27-28,30-32H,3-6,12-17,20-21H2,1-2H3/t27-/m0/s1. The van der Waals surface area contributed by atoms with Gasteiger partial charge in [0, 0.05) is 39.5 Å². The minimum atomic E-state index is -0.634. The van der Waals surface area contributed by atoms with Gasteiger partial charge < -0.3 is 35.0 Å². The number of aliphatic hydroxyl groups excluding tert-OH is 2. The average molecular weight is 475 g/mol. The normalized spacial score (nSPS) is 12.1. The zero-order chi connectivity index (χ0) is 24.6. The van der Waals surface area contributed by atoms with E-state index in [-0.39, 0.29) is 12.4 Å². The molecule has 4 N–H and O–H groups in total. The second-order valence-electron chi connectivity index (χ2n) is 8.73. The molecule has 0 bridgehead atoms. The van der Waals surface area contributed by atoms with Gasteiger partial charge in [0.15, 0.2) is 0 Å². The third kappa shape index (κ3) is 10.8. The first kappa shape index (κ1) is 28.1. The van der Waals surface area contributed by atoms with E-state index < -0.39 is 6.10 Å². The summed E-state index contributed by atoms with van der Waals surface area (Å²) in [4.78, 5) is 2.08. The Morgan fingerprint density at radius 2 is 1.74 bits per heavy atom. The van der Waals surface area contributed by atoms with Crippen LogP contribution in [0.1, 0.15) is 48.5 Å². The lowest BCUT2D eigenvalue weighted by molar-refractivity contribution is 0.0393. The zero-order valence-corrected chi connectivity index (χ0v) is 20.7. The van der Waals surface area contributed by atoms with E-state index in [0.29, 0.717) is 38.3 Å². The molecule has 7 heteroatoms. The fourth-order valence-electron chi connectivity index (χ4n) is 3.63. The first-order valence-corrected chi connectivity index (χ1v) is 12.2. The van der Waals surface area contributed by atoms with Crippen LogP contribution in [0.15, 0.2) is 42.5 Å². The summed E-state index contributed by atoms with van der Waals surface area (Å²) in [6, 6.07) is 13.4. The lowest BCUT2D eigenvalue weighted by Crippen LogP contribution is -2.22. The average Bonchev–Trinajstić information content (AvgIpc) is 2.83. The Bertz CT molecular complexity index is 815. The minimum absolute atomic E-state index is 0.0313. The van der Waals surface area contributed by atoms with Crippen LogP contribution in [0.25, 0.3) is 0 Å². The molecule has 0 saturated heterocycles. The summed E-state index contributed by atoms with van der Waals surface area (Å²) >= 11 is 0. The number of benzene rings is 2. The number of hydrogen-bond donors (Lipinski definition) is 4. The molecule has 0 aromatic heterocycles. The van der Waals surface area contributed by atoms with Gasteiger partial charge >= 0.3 is 0 Å². The van der Waals surface area contributed by atoms with Crippen molar-refractivity contribution >= 4 is 5.69 Å². The smallest absolute Gasteiger partial charge is 0.118 e. The van der Waals surface area contributed by atoms with Crippen LogP contribution < -0.4 is 10.2 Å². The number of rotatable bonds is 18. The summed E-state index contributed by atoms with van der Waals surface area (Å²) < 4.78 is 11.4. The number of unbranched alkanes of at least 4 members (excludes halogenated alkanes) is 3. The Morgan fingerprint density at radius 3 is 2.53 bits per heavy atom. The molecule has 7 nitrogen and oxygen atoms in total. The van der Waals surface area contributed by atoms with Crippen LogP contribution in [0, 0.1) is 0 Å². The molecule has 0 amide bonds. The lowest BCUT2D eigenvalue weighted by Gasteiger charge is -2.14. The second kappa shape index (κ2) is 16.5. The van der Waals surface area contributed by atoms with Crippen LogP contribution in [0.4, 0.5) is 5.69 Å². The molecule has 1 atom stereocenters. The Kier molecular flexibility index (Phi) is 13.6. The molecule has 190 valence electrons. The Hall–Kier alpha value is -2.16. The summed E-state index contributed by atoms with van der Waals surface area (Å²) in [6.45, 7) is 3.85. The van der Waals surface area contributed by atoms with Crippen molar-refractivity contribution in [3.8, 4) is 5.75 Å². The maximum atomic E-state index is 10.3. The predicted octanol–water partition coefficient (Wildman–Crippen LogP) is 3.41. The van der Waals surface area contributed by atoms with Gasteiger partial charge in [0.2, 0.25) is 0 Å². The maximum Gasteiger partial charge on any atom is 0.118 e. The highest BCUT2D eigenvalue weighted by atomic mass is 16.5. The van der Waals surface area contributed by atoms with E-state index >= 15 is 0 Å². The number of phenolic OH excluding ortho intramolecular Hbond substituents is 1. The molecule has 0 radical (unpaired) electrons. The minimum Gasteiger partial charge on any atom is -0.508 e. The Balaban J connectivity index is 1.42. The molecule has 0 unspecified atom stereocenters. The largest absolute Gasteiger partial charge is 0.508 e. The van der Waals surface area contributed by atoms with Crippen molar-refractivity contribution in [1.29, 1.82) is 0 Å². The van der Waals surface area contributed by atoms with Crippen LogP contribution >= 0.6 is 0 Å². The topological polar surface area (TPSA) is 94.4 Å². The van der Waals surface area contributed by atoms with Gasteiger partial charge in [-0.3, -0.25) is 0 Å². The van der Waals surface area contributed by atoms with Crippen molar-refractivity contribution < 1.29 is 24.8 Å². The molecule has 34 heavy (non-hydrogen) atoms. The van der Waals surface area contributed by atoms with Crippen molar-refractivity contribution in [1.82, 2.24) is 5.32 Å². The van der Waals surface area contributed by atoms with Crippen molar-refractivity contribution in [3.05, 3.63) is 59.2 Å². The molecule has 2 aromatic carbocycles. The van der Waals surface area contributed by atoms with Gasteiger partial charge in [0.05, 0.1) is 25.9 Å². The van der Waals surface area contributed by atoms with E-state index in [0.717, 1.165) is 44.4 Å². The quantitative estimate of drug-likeness (QED) is 0.246. The van der Waals surface area contributed by atoms with Crippen molar-refractivity contribution in [3.63, 3.8) is 0 Å². The highest BCUT2D eigenvalue weighted by Gasteiger charge is 2.10. The highest BCUT2D eigenvalue weighted by molar-refractivity contribution is 5.46. The van der Waals surface area contributed by atoms with E-state index in [1.807, 2.05) is 20.2 Å². The molecule has 2 aromatic rings. The Morgan fingerprint density at radius 1 is 0.941 bits per heavy atom. The van der Waals surface area contributed by atoms with Crippen LogP contribution in [0.3, 0.4) is 0 Å². The molecule has 0 aliphatic heterocycles. The number of aromatic hydroxyl groups is 1. The number of nitrogens with one attached hydrogen (secondary N) is 1. The van der Waals surface area contributed by atoms with Crippen LogP contribution in [0.2, 0.25) is 0 Å². The van der Waals surface area contributed by atoms with Gasteiger partial charge in [0.25, 0.3) is 0 Å². The molecule has 0 aliphatic carbocycles. The van der Waals surface area contributed by atoms with Crippen LogP contribution in [-0.2, 0) is 22.5 Å². The first-order chi connectivity index (χ1) is 16.5. The number of ether oxygens (including phenoxy) is 2. The van der Waals surface area contributed by atoms with Gasteiger partial charge in [-0.15, -0.1) is 0 Å². The fourth-order valence-corrected chi connectivity index (χ4v) is 3.63. The van der Waals surface area contributed by atoms with E-state index in [9.17, 15) is 10.2 Å². The lowest BCUT2D eigenvalue weighted by atomic mass is 10.0. The summed E-state index contributed by atoms with van der Waals surface area (Å²) in [6.07, 6.45) is 4.06. The van der Waals surface area contributed by atoms with Gasteiger partial charge in [0.1, 0.15) is 5.75 Å². The molecule has 0 saturated carbocycles. The molecule has 0 heterocycles. The van der Waals surface area contributed by atoms with Gasteiger partial charge in [-0.05, 0) is 66.8 Å². The first-order valence-electron chi connectivity index (χ1n) is 12.2. The summed E-state index contributed by atoms with van der Waals surface area (Å²) in [5, 5.41) is 32.5. The molecular weight excluding hydrogens is 432 g/mol. The highest BCUT2D eigenvalue weighted by Crippen LogP contribution is 2.22. The van der Waals surface area contributed by atoms with Crippen LogP contribution in [0.5, 0.6) is 5.75 Å². The molecule has 0 aliphatic rings. The fraction of sp³-hybridized carbons (Fsp3) is 0.556. The number of aliphatic hydroxyl groups is 2. The second-order valence-corrected chi connectivity index (χ2v) is 8.73. The van der Waals surface area contributed by atoms with Gasteiger partial charge in [-0.1, -0.05) is 31.0 Å². The van der Waals surface area contributed by atoms with E-state index in [2.05, 4.69) is 28.4 Å². The third-order valence-electron chi connectivity index (χ3n) is 5.67. The third-order valence-corrected chi connectivity index (χ3v) is 5.67. The SMILES string of the molecule is CN(C)c1cccc(COCCOCCCCCCNC[C@H](O)c2ccc(O)c(CCO)c2)c1. The van der Waals surface area contributed by atoms with Gasteiger partial charge in [-0.25, -0.2) is 0 Å². The number of hydrogen-bond acceptors (Lipinski definition) is 7. The number of anilines is 1. The monoisotopic (exact) mass is 474 g/mol. The van der Waals surface area contributed by atoms with Crippen LogP contribution in [-0.4, -0.2) is 68.9 Å². The Labute approximate surface area is 204 Å². The van der Waals surface area contributed by atoms with E-state index in [1.165, 1.54) is 11.3 Å². The van der Waals surface area contributed by atoms with Crippen molar-refractivity contribution in [2.24, 2.45) is 0 Å². The summed E-state index contributed by atoms with van der Waals surface area (Å²) in [5.41, 5.74) is 3.75. The molecule has 0 fully saturated rings. The summed E-state index contributed by atoms with van der Waals surface area (Å²) in [5.74, 6) is 0.153.